The monoisotopic (exact) mass is 377 g/mol. The lowest BCUT2D eigenvalue weighted by Gasteiger charge is -2.39. The van der Waals surface area contributed by atoms with Gasteiger partial charge in [0.2, 0.25) is 6.19 Å². The van der Waals surface area contributed by atoms with Gasteiger partial charge in [0.25, 0.3) is 11.8 Å². The van der Waals surface area contributed by atoms with Crippen LogP contribution in [-0.4, -0.2) is 27.4 Å². The minimum absolute atomic E-state index is 0.368. The van der Waals surface area contributed by atoms with Crippen LogP contribution in [0.2, 0.25) is 0 Å². The molecule has 5 heteroatoms. The highest BCUT2D eigenvalue weighted by Gasteiger charge is 2.36. The van der Waals surface area contributed by atoms with Crippen molar-refractivity contribution in [3.63, 3.8) is 0 Å². The number of benzene rings is 2. The molecule has 5 nitrogen and oxygen atoms in total. The second-order valence-corrected chi connectivity index (χ2v) is 7.82. The fourth-order valence-corrected chi connectivity index (χ4v) is 3.00. The van der Waals surface area contributed by atoms with Crippen LogP contribution in [0.4, 0.5) is 0 Å². The molecule has 0 heterocycles. The van der Waals surface area contributed by atoms with E-state index in [1.165, 1.54) is 5.01 Å². The van der Waals surface area contributed by atoms with Crippen molar-refractivity contribution in [3.05, 3.63) is 70.8 Å². The number of hydrazine groups is 1. The van der Waals surface area contributed by atoms with Gasteiger partial charge in [-0.1, -0.05) is 43.2 Å². The summed E-state index contributed by atoms with van der Waals surface area (Å²) >= 11 is 0. The van der Waals surface area contributed by atoms with Crippen molar-refractivity contribution in [1.29, 1.82) is 5.26 Å². The standard InChI is InChI=1S/C23H27N3O2/c1-6-8-18-11-13-19(14-12-18)21(27)25(16-24)26(23(3,4)5)22(28)20-10-7-9-17(2)15-20/h7,9-15H,6,8H2,1-5H3. The van der Waals surface area contributed by atoms with Crippen molar-refractivity contribution in [1.82, 2.24) is 10.0 Å². The molecular formula is C23H27N3O2. The first-order valence-corrected chi connectivity index (χ1v) is 9.43. The van der Waals surface area contributed by atoms with Crippen LogP contribution < -0.4 is 0 Å². The third-order valence-electron chi connectivity index (χ3n) is 4.32. The molecule has 0 saturated heterocycles. The fourth-order valence-electron chi connectivity index (χ4n) is 3.00. The van der Waals surface area contributed by atoms with Gasteiger partial charge in [-0.2, -0.15) is 5.26 Å². The molecule has 0 bridgehead atoms. The number of hydrogen-bond donors (Lipinski definition) is 0. The molecule has 28 heavy (non-hydrogen) atoms. The highest BCUT2D eigenvalue weighted by atomic mass is 16.2. The van der Waals surface area contributed by atoms with Crippen LogP contribution in [0.25, 0.3) is 0 Å². The van der Waals surface area contributed by atoms with E-state index in [1.807, 2.05) is 31.3 Å². The molecule has 0 aliphatic carbocycles. The maximum absolute atomic E-state index is 13.2. The van der Waals surface area contributed by atoms with Crippen LogP contribution in [0.3, 0.4) is 0 Å². The normalized spacial score (nSPS) is 10.9. The smallest absolute Gasteiger partial charge is 0.267 e. The number of nitriles is 1. The molecule has 0 saturated carbocycles. The van der Waals surface area contributed by atoms with Crippen molar-refractivity contribution in [2.45, 2.75) is 53.0 Å². The Balaban J connectivity index is 2.41. The molecule has 0 aromatic heterocycles. The average Bonchev–Trinajstić information content (AvgIpc) is 2.65. The third-order valence-corrected chi connectivity index (χ3v) is 4.32. The van der Waals surface area contributed by atoms with Crippen molar-refractivity contribution < 1.29 is 9.59 Å². The molecule has 2 amide bonds. The molecule has 2 aromatic carbocycles. The van der Waals surface area contributed by atoms with Crippen molar-refractivity contribution in [2.24, 2.45) is 0 Å². The minimum Gasteiger partial charge on any atom is -0.267 e. The van der Waals surface area contributed by atoms with Gasteiger partial charge in [-0.05, 0) is 63.9 Å². The van der Waals surface area contributed by atoms with Crippen molar-refractivity contribution >= 4 is 11.8 Å². The van der Waals surface area contributed by atoms with Gasteiger partial charge in [0, 0.05) is 11.1 Å². The molecule has 0 unspecified atom stereocenters. The molecule has 0 N–H and O–H groups in total. The van der Waals surface area contributed by atoms with E-state index in [2.05, 4.69) is 6.92 Å². The van der Waals surface area contributed by atoms with Gasteiger partial charge in [-0.15, -0.1) is 5.01 Å². The lowest BCUT2D eigenvalue weighted by molar-refractivity contribution is -0.0167. The van der Waals surface area contributed by atoms with E-state index in [0.717, 1.165) is 29.0 Å². The Morgan fingerprint density at radius 3 is 2.14 bits per heavy atom. The summed E-state index contributed by atoms with van der Waals surface area (Å²) in [5.74, 6) is -0.921. The summed E-state index contributed by atoms with van der Waals surface area (Å²) in [5, 5.41) is 11.8. The first-order valence-electron chi connectivity index (χ1n) is 9.43. The van der Waals surface area contributed by atoms with Crippen LogP contribution in [0.15, 0.2) is 48.5 Å². The zero-order valence-corrected chi connectivity index (χ0v) is 17.2. The van der Waals surface area contributed by atoms with E-state index in [-0.39, 0.29) is 0 Å². The van der Waals surface area contributed by atoms with E-state index >= 15 is 0 Å². The predicted octanol–water partition coefficient (Wildman–Crippen LogP) is 4.73. The zero-order valence-electron chi connectivity index (χ0n) is 17.2. The number of carbonyl (C=O) groups excluding carboxylic acids is 2. The van der Waals surface area contributed by atoms with Crippen LogP contribution in [-0.2, 0) is 6.42 Å². The molecule has 0 aliphatic rings. The molecule has 0 aliphatic heterocycles. The summed E-state index contributed by atoms with van der Waals surface area (Å²) in [4.78, 5) is 26.2. The highest BCUT2D eigenvalue weighted by molar-refractivity contribution is 6.00. The molecule has 2 aromatic rings. The first-order chi connectivity index (χ1) is 13.2. The summed E-state index contributed by atoms with van der Waals surface area (Å²) in [6.45, 7) is 9.37. The third kappa shape index (κ3) is 4.77. The van der Waals surface area contributed by atoms with Gasteiger partial charge in [-0.3, -0.25) is 9.59 Å². The summed E-state index contributed by atoms with van der Waals surface area (Å²) in [6.07, 6.45) is 3.84. The van der Waals surface area contributed by atoms with Gasteiger partial charge < -0.3 is 0 Å². The van der Waals surface area contributed by atoms with Crippen LogP contribution in [0.5, 0.6) is 0 Å². The topological polar surface area (TPSA) is 64.4 Å². The number of aryl methyl sites for hydroxylation is 2. The number of carbonyl (C=O) groups is 2. The maximum atomic E-state index is 13.2. The summed E-state index contributed by atoms with van der Waals surface area (Å²) < 4.78 is 0. The molecule has 146 valence electrons. The lowest BCUT2D eigenvalue weighted by atomic mass is 10.0. The Hall–Kier alpha value is -3.13. The van der Waals surface area contributed by atoms with Gasteiger partial charge in [0.15, 0.2) is 0 Å². The Kier molecular flexibility index (Phi) is 6.58. The second-order valence-electron chi connectivity index (χ2n) is 7.82. The fraction of sp³-hybridized carbons (Fsp3) is 0.348. The Bertz CT molecular complexity index is 889. The van der Waals surface area contributed by atoms with Gasteiger partial charge in [0.1, 0.15) is 0 Å². The number of hydrogen-bond acceptors (Lipinski definition) is 3. The van der Waals surface area contributed by atoms with Crippen molar-refractivity contribution in [3.8, 4) is 6.19 Å². The quantitative estimate of drug-likeness (QED) is 0.440. The van der Waals surface area contributed by atoms with Crippen LogP contribution in [0, 0.1) is 18.4 Å². The average molecular weight is 377 g/mol. The minimum atomic E-state index is -0.769. The molecule has 0 spiro atoms. The number of rotatable bonds is 4. The van der Waals surface area contributed by atoms with Crippen LogP contribution in [0.1, 0.15) is 66.0 Å². The Morgan fingerprint density at radius 1 is 1.00 bits per heavy atom. The molecule has 2 rings (SSSR count). The van der Waals surface area contributed by atoms with E-state index in [9.17, 15) is 14.9 Å². The van der Waals surface area contributed by atoms with Gasteiger partial charge >= 0.3 is 0 Å². The van der Waals surface area contributed by atoms with Gasteiger partial charge in [-0.25, -0.2) is 5.01 Å². The zero-order chi connectivity index (χ0) is 20.9. The summed E-state index contributed by atoms with van der Waals surface area (Å²) in [5.41, 5.74) is 2.09. The predicted molar refractivity (Wildman–Crippen MR) is 109 cm³/mol. The van der Waals surface area contributed by atoms with E-state index < -0.39 is 17.4 Å². The van der Waals surface area contributed by atoms with Gasteiger partial charge in [0.05, 0.1) is 5.54 Å². The molecule has 0 atom stereocenters. The Morgan fingerprint density at radius 2 is 1.64 bits per heavy atom. The largest absolute Gasteiger partial charge is 0.286 e. The van der Waals surface area contributed by atoms with E-state index in [1.54, 1.807) is 51.1 Å². The van der Waals surface area contributed by atoms with Crippen LogP contribution >= 0.6 is 0 Å². The number of amides is 2. The SMILES string of the molecule is CCCc1ccc(C(=O)N(C#N)N(C(=O)c2cccc(C)c2)C(C)(C)C)cc1. The summed E-state index contributed by atoms with van der Waals surface area (Å²) in [7, 11) is 0. The Labute approximate surface area is 167 Å². The van der Waals surface area contributed by atoms with E-state index in [0.29, 0.717) is 11.1 Å². The maximum Gasteiger partial charge on any atom is 0.286 e. The molecule has 0 radical (unpaired) electrons. The highest BCUT2D eigenvalue weighted by Crippen LogP contribution is 2.22. The molecular weight excluding hydrogens is 350 g/mol. The molecule has 0 fully saturated rings. The van der Waals surface area contributed by atoms with E-state index in [4.69, 9.17) is 0 Å². The lowest BCUT2D eigenvalue weighted by Crippen LogP contribution is -2.56. The first kappa shape index (κ1) is 21.2. The summed E-state index contributed by atoms with van der Waals surface area (Å²) in [6, 6.07) is 14.3. The second kappa shape index (κ2) is 8.71. The van der Waals surface area contributed by atoms with Crippen molar-refractivity contribution in [2.75, 3.05) is 0 Å². The number of nitrogens with zero attached hydrogens (tertiary/aromatic N) is 3.